The van der Waals surface area contributed by atoms with Crippen LogP contribution in [0.15, 0.2) is 73.2 Å². The molecule has 23 heavy (non-hydrogen) atoms. The molecule has 5 nitrogen and oxygen atoms in total. The Kier molecular flexibility index (Phi) is 3.44. The Bertz CT molecular complexity index is 863. The summed E-state index contributed by atoms with van der Waals surface area (Å²) in [5, 5.41) is 3.42. The number of anilines is 1. The second-order valence-corrected chi connectivity index (χ2v) is 5.23. The Morgan fingerprint density at radius 2 is 1.48 bits per heavy atom. The van der Waals surface area contributed by atoms with E-state index in [4.69, 9.17) is 0 Å². The van der Waals surface area contributed by atoms with Gasteiger partial charge in [0.15, 0.2) is 5.65 Å². The summed E-state index contributed by atoms with van der Waals surface area (Å²) in [5.74, 6) is 0.569. The molecule has 0 saturated heterocycles. The van der Waals surface area contributed by atoms with E-state index in [0.717, 1.165) is 22.3 Å². The first kappa shape index (κ1) is 13.5. The van der Waals surface area contributed by atoms with Crippen LogP contribution >= 0.6 is 0 Å². The summed E-state index contributed by atoms with van der Waals surface area (Å²) in [4.78, 5) is 16.0. The highest BCUT2D eigenvalue weighted by molar-refractivity contribution is 5.69. The summed E-state index contributed by atoms with van der Waals surface area (Å²) in [6.45, 7) is 0. The maximum atomic E-state index is 4.49. The smallest absolute Gasteiger partial charge is 0.225 e. The van der Waals surface area contributed by atoms with Gasteiger partial charge in [-0.15, -0.1) is 0 Å². The molecular formula is C18H15N5. The van der Waals surface area contributed by atoms with Crippen LogP contribution in [0.2, 0.25) is 0 Å². The topological polar surface area (TPSA) is 66.5 Å². The molecule has 0 bridgehead atoms. The van der Waals surface area contributed by atoms with Crippen molar-refractivity contribution in [1.29, 1.82) is 0 Å². The predicted octanol–water partition coefficient (Wildman–Crippen LogP) is 3.55. The van der Waals surface area contributed by atoms with Crippen molar-refractivity contribution in [3.05, 3.63) is 84.3 Å². The van der Waals surface area contributed by atoms with Crippen molar-refractivity contribution in [2.75, 3.05) is 5.32 Å². The lowest BCUT2D eigenvalue weighted by molar-refractivity contribution is 0.912. The minimum atomic E-state index is -0.0160. The minimum absolute atomic E-state index is 0.0160. The molecule has 2 N–H and O–H groups in total. The van der Waals surface area contributed by atoms with Crippen LogP contribution in [0, 0.1) is 0 Å². The summed E-state index contributed by atoms with van der Waals surface area (Å²) >= 11 is 0. The zero-order chi connectivity index (χ0) is 15.5. The first-order chi connectivity index (χ1) is 11.4. The van der Waals surface area contributed by atoms with Crippen molar-refractivity contribution >= 4 is 17.1 Å². The Morgan fingerprint density at radius 3 is 2.13 bits per heavy atom. The number of aromatic amines is 1. The number of H-pyrrole nitrogens is 1. The molecule has 0 unspecified atom stereocenters. The van der Waals surface area contributed by atoms with Gasteiger partial charge in [-0.3, -0.25) is 0 Å². The van der Waals surface area contributed by atoms with Crippen LogP contribution in [0.5, 0.6) is 0 Å². The van der Waals surface area contributed by atoms with Crippen molar-refractivity contribution in [2.24, 2.45) is 0 Å². The number of rotatable bonds is 4. The third-order valence-electron chi connectivity index (χ3n) is 3.71. The van der Waals surface area contributed by atoms with Crippen molar-refractivity contribution in [1.82, 2.24) is 19.9 Å². The van der Waals surface area contributed by atoms with Gasteiger partial charge in [-0.25, -0.2) is 9.97 Å². The van der Waals surface area contributed by atoms with Gasteiger partial charge in [0.05, 0.1) is 18.6 Å². The Balaban J connectivity index is 1.73. The molecule has 0 saturated carbocycles. The molecular weight excluding hydrogens is 286 g/mol. The lowest BCUT2D eigenvalue weighted by Crippen LogP contribution is -2.14. The van der Waals surface area contributed by atoms with Crippen LogP contribution in [0.3, 0.4) is 0 Å². The molecule has 2 aromatic carbocycles. The fraction of sp³-hybridized carbons (Fsp3) is 0.0556. The highest BCUT2D eigenvalue weighted by Gasteiger charge is 2.15. The normalized spacial score (nSPS) is 11.0. The third-order valence-corrected chi connectivity index (χ3v) is 3.71. The molecule has 0 aliphatic rings. The fourth-order valence-electron chi connectivity index (χ4n) is 2.59. The number of nitrogens with one attached hydrogen (secondary N) is 2. The standard InChI is InChI=1S/C18H15N5/c1-3-7-13(8-4-1)16(14-9-5-2-6-10-14)22-18-19-11-15-17(23-18)21-12-20-15/h1-12,16H,(H2,19,20,21,22,23). The molecule has 0 radical (unpaired) electrons. The largest absolute Gasteiger partial charge is 0.343 e. The van der Waals surface area contributed by atoms with Crippen LogP contribution in [0.1, 0.15) is 17.2 Å². The monoisotopic (exact) mass is 301 g/mol. The molecule has 112 valence electrons. The Labute approximate surface area is 133 Å². The van der Waals surface area contributed by atoms with E-state index in [1.807, 2.05) is 36.4 Å². The molecule has 0 aliphatic heterocycles. The van der Waals surface area contributed by atoms with Crippen LogP contribution in [-0.4, -0.2) is 19.9 Å². The van der Waals surface area contributed by atoms with Gasteiger partial charge in [0.1, 0.15) is 5.52 Å². The van der Waals surface area contributed by atoms with E-state index in [-0.39, 0.29) is 6.04 Å². The van der Waals surface area contributed by atoms with Crippen molar-refractivity contribution in [3.63, 3.8) is 0 Å². The van der Waals surface area contributed by atoms with Crippen LogP contribution in [0.4, 0.5) is 5.95 Å². The van der Waals surface area contributed by atoms with E-state index < -0.39 is 0 Å². The van der Waals surface area contributed by atoms with Gasteiger partial charge in [-0.05, 0) is 11.1 Å². The van der Waals surface area contributed by atoms with Crippen LogP contribution in [0.25, 0.3) is 11.2 Å². The molecule has 0 amide bonds. The lowest BCUT2D eigenvalue weighted by atomic mass is 9.99. The van der Waals surface area contributed by atoms with Gasteiger partial charge in [0, 0.05) is 0 Å². The van der Waals surface area contributed by atoms with E-state index in [9.17, 15) is 0 Å². The van der Waals surface area contributed by atoms with Gasteiger partial charge in [-0.1, -0.05) is 60.7 Å². The number of fused-ring (bicyclic) bond motifs is 1. The highest BCUT2D eigenvalue weighted by atomic mass is 15.1. The van der Waals surface area contributed by atoms with Crippen molar-refractivity contribution < 1.29 is 0 Å². The molecule has 4 aromatic rings. The predicted molar refractivity (Wildman–Crippen MR) is 90.0 cm³/mol. The van der Waals surface area contributed by atoms with E-state index in [1.54, 1.807) is 12.5 Å². The Hall–Kier alpha value is -3.21. The first-order valence-electron chi connectivity index (χ1n) is 7.43. The summed E-state index contributed by atoms with van der Waals surface area (Å²) in [7, 11) is 0. The van der Waals surface area contributed by atoms with E-state index >= 15 is 0 Å². The van der Waals surface area contributed by atoms with Gasteiger partial charge >= 0.3 is 0 Å². The number of aromatic nitrogens is 4. The summed E-state index contributed by atoms with van der Waals surface area (Å²) in [6, 6.07) is 20.5. The second kappa shape index (κ2) is 5.88. The average molecular weight is 301 g/mol. The maximum absolute atomic E-state index is 4.49. The van der Waals surface area contributed by atoms with E-state index in [0.29, 0.717) is 5.95 Å². The zero-order valence-electron chi connectivity index (χ0n) is 12.3. The van der Waals surface area contributed by atoms with Gasteiger partial charge < -0.3 is 10.3 Å². The fourth-order valence-corrected chi connectivity index (χ4v) is 2.59. The van der Waals surface area contributed by atoms with Crippen LogP contribution in [-0.2, 0) is 0 Å². The zero-order valence-corrected chi connectivity index (χ0v) is 12.3. The van der Waals surface area contributed by atoms with Crippen molar-refractivity contribution in [3.8, 4) is 0 Å². The summed E-state index contributed by atoms with van der Waals surface area (Å²) in [6.07, 6.45) is 3.34. The van der Waals surface area contributed by atoms with E-state index in [2.05, 4.69) is 49.5 Å². The van der Waals surface area contributed by atoms with Crippen LogP contribution < -0.4 is 5.32 Å². The molecule has 0 fully saturated rings. The van der Waals surface area contributed by atoms with E-state index in [1.165, 1.54) is 0 Å². The molecule has 5 heteroatoms. The quantitative estimate of drug-likeness (QED) is 0.605. The number of imidazole rings is 1. The molecule has 4 rings (SSSR count). The number of benzene rings is 2. The summed E-state index contributed by atoms with van der Waals surface area (Å²) < 4.78 is 0. The molecule has 2 aromatic heterocycles. The summed E-state index contributed by atoms with van der Waals surface area (Å²) in [5.41, 5.74) is 3.80. The number of hydrogen-bond donors (Lipinski definition) is 2. The average Bonchev–Trinajstić information content (AvgIpc) is 3.09. The maximum Gasteiger partial charge on any atom is 0.225 e. The molecule has 0 atom stereocenters. The highest BCUT2D eigenvalue weighted by Crippen LogP contribution is 2.25. The first-order valence-corrected chi connectivity index (χ1v) is 7.43. The van der Waals surface area contributed by atoms with Gasteiger partial charge in [-0.2, -0.15) is 4.98 Å². The number of hydrogen-bond acceptors (Lipinski definition) is 4. The Morgan fingerprint density at radius 1 is 0.826 bits per heavy atom. The number of nitrogens with zero attached hydrogens (tertiary/aromatic N) is 3. The van der Waals surface area contributed by atoms with Gasteiger partial charge in [0.2, 0.25) is 5.95 Å². The molecule has 2 heterocycles. The molecule has 0 aliphatic carbocycles. The lowest BCUT2D eigenvalue weighted by Gasteiger charge is -2.19. The SMILES string of the molecule is c1ccc(C(Nc2ncc3nc[nH]c3n2)c2ccccc2)cc1. The second-order valence-electron chi connectivity index (χ2n) is 5.23. The van der Waals surface area contributed by atoms with Gasteiger partial charge in [0.25, 0.3) is 0 Å². The third kappa shape index (κ3) is 2.76. The molecule has 0 spiro atoms. The minimum Gasteiger partial charge on any atom is -0.343 e. The van der Waals surface area contributed by atoms with Crippen molar-refractivity contribution in [2.45, 2.75) is 6.04 Å².